The normalized spacial score (nSPS) is 10.9. The topological polar surface area (TPSA) is 37.8 Å². The lowest BCUT2D eigenvalue weighted by Crippen LogP contribution is -2.20. The van der Waals surface area contributed by atoms with Crippen molar-refractivity contribution >= 4 is 50.7 Å². The first-order valence-corrected chi connectivity index (χ1v) is 7.35. The van der Waals surface area contributed by atoms with Crippen LogP contribution in [0.15, 0.2) is 51.7 Å². The smallest absolute Gasteiger partial charge is 0.266 e. The van der Waals surface area contributed by atoms with Crippen LogP contribution >= 0.6 is 39.7 Å². The number of H-pyrrole nitrogens is 1. The molecule has 100 valence electrons. The largest absolute Gasteiger partial charge is 0.331 e. The van der Waals surface area contributed by atoms with Crippen molar-refractivity contribution in [2.45, 2.75) is 0 Å². The van der Waals surface area contributed by atoms with Crippen molar-refractivity contribution in [3.8, 4) is 5.69 Å². The van der Waals surface area contributed by atoms with Crippen molar-refractivity contribution in [1.82, 2.24) is 9.55 Å². The lowest BCUT2D eigenvalue weighted by molar-refractivity contribution is 0.939. The highest BCUT2D eigenvalue weighted by Crippen LogP contribution is 2.24. The maximum Gasteiger partial charge on any atom is 0.266 e. The van der Waals surface area contributed by atoms with Crippen molar-refractivity contribution in [1.29, 1.82) is 0 Å². The van der Waals surface area contributed by atoms with Crippen LogP contribution < -0.4 is 5.56 Å². The third-order valence-electron chi connectivity index (χ3n) is 2.97. The number of aromatic nitrogens is 2. The number of hydrogen-bond donors (Lipinski definition) is 1. The van der Waals surface area contributed by atoms with Gasteiger partial charge in [0, 0.05) is 4.47 Å². The molecule has 2 aromatic carbocycles. The monoisotopic (exact) mass is 366 g/mol. The van der Waals surface area contributed by atoms with Gasteiger partial charge in [-0.05, 0) is 58.5 Å². The van der Waals surface area contributed by atoms with Crippen LogP contribution in [0, 0.1) is 4.77 Å². The summed E-state index contributed by atoms with van der Waals surface area (Å²) < 4.78 is 2.52. The summed E-state index contributed by atoms with van der Waals surface area (Å²) in [6, 6.07) is 12.5. The summed E-state index contributed by atoms with van der Waals surface area (Å²) in [7, 11) is 0. The van der Waals surface area contributed by atoms with E-state index in [1.807, 2.05) is 18.2 Å². The van der Waals surface area contributed by atoms with E-state index in [0.29, 0.717) is 25.3 Å². The highest BCUT2D eigenvalue weighted by Gasteiger charge is 2.08. The van der Waals surface area contributed by atoms with E-state index >= 15 is 0 Å². The Bertz CT molecular complexity index is 932. The first kappa shape index (κ1) is 13.5. The van der Waals surface area contributed by atoms with Crippen molar-refractivity contribution in [3.05, 3.63) is 67.1 Å². The molecule has 3 nitrogen and oxygen atoms in total. The highest BCUT2D eigenvalue weighted by atomic mass is 79.9. The van der Waals surface area contributed by atoms with Gasteiger partial charge in [0.05, 0.1) is 21.6 Å². The predicted molar refractivity (Wildman–Crippen MR) is 87.4 cm³/mol. The van der Waals surface area contributed by atoms with Gasteiger partial charge in [-0.1, -0.05) is 23.7 Å². The van der Waals surface area contributed by atoms with E-state index in [0.717, 1.165) is 5.52 Å². The van der Waals surface area contributed by atoms with Gasteiger partial charge < -0.3 is 4.98 Å². The molecule has 0 atom stereocenters. The zero-order valence-electron chi connectivity index (χ0n) is 10.1. The molecule has 0 aliphatic heterocycles. The van der Waals surface area contributed by atoms with Crippen molar-refractivity contribution in [3.63, 3.8) is 0 Å². The number of benzene rings is 2. The maximum atomic E-state index is 12.6. The average molecular weight is 368 g/mol. The zero-order chi connectivity index (χ0) is 14.3. The molecule has 1 N–H and O–H groups in total. The second kappa shape index (κ2) is 5.16. The van der Waals surface area contributed by atoms with Gasteiger partial charge in [0.15, 0.2) is 4.77 Å². The summed E-state index contributed by atoms with van der Waals surface area (Å²) >= 11 is 14.6. The van der Waals surface area contributed by atoms with Crippen LogP contribution in [0.2, 0.25) is 5.02 Å². The molecular formula is C14H8BrClN2OS. The molecule has 0 bridgehead atoms. The first-order chi connectivity index (χ1) is 9.58. The Morgan fingerprint density at radius 2 is 1.95 bits per heavy atom. The van der Waals surface area contributed by atoms with Gasteiger partial charge in [0.2, 0.25) is 0 Å². The molecule has 0 spiro atoms. The molecule has 1 aromatic heterocycles. The molecule has 3 rings (SSSR count). The fourth-order valence-corrected chi connectivity index (χ4v) is 2.80. The lowest BCUT2D eigenvalue weighted by atomic mass is 10.2. The van der Waals surface area contributed by atoms with Gasteiger partial charge in [-0.2, -0.15) is 0 Å². The van der Waals surface area contributed by atoms with Gasteiger partial charge >= 0.3 is 0 Å². The van der Waals surface area contributed by atoms with Crippen LogP contribution in [-0.4, -0.2) is 9.55 Å². The van der Waals surface area contributed by atoms with E-state index in [2.05, 4.69) is 20.9 Å². The second-order valence-electron chi connectivity index (χ2n) is 4.21. The van der Waals surface area contributed by atoms with Gasteiger partial charge in [0.25, 0.3) is 5.56 Å². The number of halogens is 2. The molecule has 0 amide bonds. The molecule has 0 saturated heterocycles. The summed E-state index contributed by atoms with van der Waals surface area (Å²) in [5.41, 5.74) is 1.24. The Hall–Kier alpha value is -1.43. The van der Waals surface area contributed by atoms with E-state index in [9.17, 15) is 4.79 Å². The number of para-hydroxylation sites is 1. The molecule has 0 radical (unpaired) electrons. The zero-order valence-corrected chi connectivity index (χ0v) is 13.2. The molecule has 20 heavy (non-hydrogen) atoms. The van der Waals surface area contributed by atoms with Crippen LogP contribution in [0.1, 0.15) is 0 Å². The van der Waals surface area contributed by atoms with E-state index in [-0.39, 0.29) is 5.56 Å². The summed E-state index contributed by atoms with van der Waals surface area (Å²) in [6.07, 6.45) is 0. The average Bonchev–Trinajstić information content (AvgIpc) is 2.43. The van der Waals surface area contributed by atoms with Crippen LogP contribution in [0.3, 0.4) is 0 Å². The SMILES string of the molecule is O=c1c2ccccc2[nH]c(=S)n1-c1ccc(Cl)c(Br)c1. The van der Waals surface area contributed by atoms with E-state index in [1.165, 1.54) is 4.57 Å². The highest BCUT2D eigenvalue weighted by molar-refractivity contribution is 9.10. The number of aromatic amines is 1. The van der Waals surface area contributed by atoms with Crippen LogP contribution in [0.25, 0.3) is 16.6 Å². The van der Waals surface area contributed by atoms with E-state index in [4.69, 9.17) is 23.8 Å². The number of rotatable bonds is 1. The number of nitrogens with zero attached hydrogens (tertiary/aromatic N) is 1. The van der Waals surface area contributed by atoms with Gasteiger partial charge in [-0.3, -0.25) is 9.36 Å². The molecule has 3 aromatic rings. The minimum absolute atomic E-state index is 0.154. The fourth-order valence-electron chi connectivity index (χ4n) is 2.02. The second-order valence-corrected chi connectivity index (χ2v) is 5.86. The predicted octanol–water partition coefficient (Wildman–Crippen LogP) is 4.46. The molecule has 0 unspecified atom stereocenters. The molecular weight excluding hydrogens is 360 g/mol. The van der Waals surface area contributed by atoms with Crippen molar-refractivity contribution in [2.75, 3.05) is 0 Å². The summed E-state index contributed by atoms with van der Waals surface area (Å²) in [5, 5.41) is 1.17. The number of hydrogen-bond acceptors (Lipinski definition) is 2. The van der Waals surface area contributed by atoms with Gasteiger partial charge in [-0.25, -0.2) is 0 Å². The van der Waals surface area contributed by atoms with Crippen LogP contribution in [0.4, 0.5) is 0 Å². The summed E-state index contributed by atoms with van der Waals surface area (Å²) in [6.45, 7) is 0. The minimum Gasteiger partial charge on any atom is -0.331 e. The van der Waals surface area contributed by atoms with Crippen molar-refractivity contribution in [2.24, 2.45) is 0 Å². The molecule has 0 fully saturated rings. The molecule has 1 heterocycles. The third-order valence-corrected chi connectivity index (χ3v) is 4.47. The van der Waals surface area contributed by atoms with E-state index < -0.39 is 0 Å². The minimum atomic E-state index is -0.154. The van der Waals surface area contributed by atoms with Crippen LogP contribution in [0.5, 0.6) is 0 Å². The Morgan fingerprint density at radius 3 is 2.70 bits per heavy atom. The van der Waals surface area contributed by atoms with Gasteiger partial charge in [0.1, 0.15) is 0 Å². The molecule has 0 aliphatic carbocycles. The molecule has 0 saturated carbocycles. The third kappa shape index (κ3) is 2.22. The number of fused-ring (bicyclic) bond motifs is 1. The lowest BCUT2D eigenvalue weighted by Gasteiger charge is -2.09. The molecule has 6 heteroatoms. The Morgan fingerprint density at radius 1 is 1.20 bits per heavy atom. The fraction of sp³-hybridized carbons (Fsp3) is 0. The summed E-state index contributed by atoms with van der Waals surface area (Å²) in [5.74, 6) is 0. The standard InChI is InChI=1S/C14H8BrClN2OS/c15-10-7-8(5-6-11(10)16)18-13(19)9-3-1-2-4-12(9)17-14(18)20/h1-7H,(H,17,20). The number of nitrogens with one attached hydrogen (secondary N) is 1. The molecule has 0 aliphatic rings. The van der Waals surface area contributed by atoms with Crippen molar-refractivity contribution < 1.29 is 0 Å². The van der Waals surface area contributed by atoms with E-state index in [1.54, 1.807) is 24.3 Å². The van der Waals surface area contributed by atoms with Gasteiger partial charge in [-0.15, -0.1) is 0 Å². The Labute approximate surface area is 133 Å². The first-order valence-electron chi connectivity index (χ1n) is 5.77. The summed E-state index contributed by atoms with van der Waals surface area (Å²) in [4.78, 5) is 15.6. The maximum absolute atomic E-state index is 12.6. The Kier molecular flexibility index (Phi) is 3.50. The quantitative estimate of drug-likeness (QED) is 0.645. The van der Waals surface area contributed by atoms with Crippen LogP contribution in [-0.2, 0) is 0 Å². The Balaban J connectivity index is 2.39.